The molecular formula is C23H30N4O3S2. The Kier molecular flexibility index (Phi) is 6.69. The van der Waals surface area contributed by atoms with E-state index in [-0.39, 0.29) is 16.8 Å². The molecule has 1 aliphatic rings. The van der Waals surface area contributed by atoms with E-state index in [0.717, 1.165) is 35.5 Å². The lowest BCUT2D eigenvalue weighted by molar-refractivity contribution is -0.131. The number of carbonyl (C=O) groups excluding carboxylic acids is 1. The van der Waals surface area contributed by atoms with Crippen LogP contribution in [0.1, 0.15) is 49.4 Å². The number of aromatic nitrogens is 2. The van der Waals surface area contributed by atoms with Gasteiger partial charge < -0.3 is 9.47 Å². The van der Waals surface area contributed by atoms with Gasteiger partial charge in [0, 0.05) is 44.9 Å². The zero-order valence-electron chi connectivity index (χ0n) is 18.8. The summed E-state index contributed by atoms with van der Waals surface area (Å²) in [6.45, 7) is 3.18. The summed E-state index contributed by atoms with van der Waals surface area (Å²) in [7, 11) is 0.241. The van der Waals surface area contributed by atoms with Gasteiger partial charge in [-0.05, 0) is 49.4 Å². The zero-order valence-corrected chi connectivity index (χ0v) is 20.5. The highest BCUT2D eigenvalue weighted by atomic mass is 32.2. The molecule has 1 fully saturated rings. The molecule has 3 heterocycles. The molecule has 2 aromatic heterocycles. The minimum absolute atomic E-state index is 0.0329. The van der Waals surface area contributed by atoms with E-state index in [4.69, 9.17) is 0 Å². The van der Waals surface area contributed by atoms with Gasteiger partial charge in [-0.1, -0.05) is 12.5 Å². The maximum Gasteiger partial charge on any atom is 0.243 e. The number of thiophene rings is 1. The van der Waals surface area contributed by atoms with E-state index in [9.17, 15) is 13.2 Å². The van der Waals surface area contributed by atoms with Crippen LogP contribution in [0, 0.1) is 0 Å². The van der Waals surface area contributed by atoms with Crippen LogP contribution in [0.2, 0.25) is 0 Å². The number of carbonyl (C=O) groups is 1. The molecule has 32 heavy (non-hydrogen) atoms. The summed E-state index contributed by atoms with van der Waals surface area (Å²) in [6.07, 6.45) is 3.74. The molecule has 7 nitrogen and oxygen atoms in total. The normalized spacial score (nSPS) is 16.3. The number of benzene rings is 1. The number of imidazole rings is 1. The first-order valence-corrected chi connectivity index (χ1v) is 13.4. The fourth-order valence-corrected chi connectivity index (χ4v) is 6.56. The van der Waals surface area contributed by atoms with Crippen molar-refractivity contribution in [3.63, 3.8) is 0 Å². The van der Waals surface area contributed by atoms with E-state index in [2.05, 4.69) is 4.98 Å². The van der Waals surface area contributed by atoms with E-state index < -0.39 is 10.0 Å². The van der Waals surface area contributed by atoms with Crippen LogP contribution in [0.5, 0.6) is 0 Å². The molecule has 0 radical (unpaired) electrons. The minimum atomic E-state index is -3.50. The highest BCUT2D eigenvalue weighted by Crippen LogP contribution is 2.26. The van der Waals surface area contributed by atoms with E-state index in [0.29, 0.717) is 31.4 Å². The van der Waals surface area contributed by atoms with Crippen LogP contribution in [-0.2, 0) is 28.3 Å². The largest absolute Gasteiger partial charge is 0.338 e. The van der Waals surface area contributed by atoms with Crippen LogP contribution < -0.4 is 0 Å². The molecule has 1 aromatic carbocycles. The van der Waals surface area contributed by atoms with Gasteiger partial charge in [-0.3, -0.25) is 4.79 Å². The Morgan fingerprint density at radius 1 is 1.22 bits per heavy atom. The standard InChI is InChI=1S/C23H30N4O3S2/c1-17(21-8-7-15-31-21)25(2)23(28)12-11-22-24-19-16-18(9-10-20(19)26(22)3)32(29,30)27-13-5-4-6-14-27/h7-10,15-17H,4-6,11-14H2,1-3H3. The fourth-order valence-electron chi connectivity index (χ4n) is 4.20. The maximum absolute atomic E-state index is 13.0. The Hall–Kier alpha value is -2.23. The Bertz CT molecular complexity index is 1200. The smallest absolute Gasteiger partial charge is 0.243 e. The van der Waals surface area contributed by atoms with E-state index in [1.165, 1.54) is 0 Å². The summed E-state index contributed by atoms with van der Waals surface area (Å²) in [5, 5.41) is 2.02. The number of sulfonamides is 1. The first kappa shape index (κ1) is 22.9. The Morgan fingerprint density at radius 2 is 1.97 bits per heavy atom. The molecule has 172 valence electrons. The molecule has 4 rings (SSSR count). The van der Waals surface area contributed by atoms with Gasteiger partial charge in [0.05, 0.1) is 22.0 Å². The molecule has 0 aliphatic carbocycles. The van der Waals surface area contributed by atoms with Crippen LogP contribution in [-0.4, -0.2) is 53.2 Å². The lowest BCUT2D eigenvalue weighted by atomic mass is 10.2. The highest BCUT2D eigenvalue weighted by Gasteiger charge is 2.26. The summed E-state index contributed by atoms with van der Waals surface area (Å²) >= 11 is 1.65. The summed E-state index contributed by atoms with van der Waals surface area (Å²) < 4.78 is 29.6. The zero-order chi connectivity index (χ0) is 22.9. The maximum atomic E-state index is 13.0. The predicted molar refractivity (Wildman–Crippen MR) is 127 cm³/mol. The van der Waals surface area contributed by atoms with Gasteiger partial charge in [-0.15, -0.1) is 11.3 Å². The van der Waals surface area contributed by atoms with Crippen molar-refractivity contribution in [3.8, 4) is 0 Å². The fraction of sp³-hybridized carbons (Fsp3) is 0.478. The van der Waals surface area contributed by atoms with Gasteiger partial charge in [0.1, 0.15) is 5.82 Å². The van der Waals surface area contributed by atoms with E-state index in [1.807, 2.05) is 49.2 Å². The molecule has 1 saturated heterocycles. The average molecular weight is 475 g/mol. The summed E-state index contributed by atoms with van der Waals surface area (Å²) in [5.41, 5.74) is 1.51. The van der Waals surface area contributed by atoms with Gasteiger partial charge in [-0.25, -0.2) is 13.4 Å². The summed E-state index contributed by atoms with van der Waals surface area (Å²) in [4.78, 5) is 20.6. The van der Waals surface area contributed by atoms with E-state index >= 15 is 0 Å². The molecule has 3 aromatic rings. The molecule has 0 spiro atoms. The van der Waals surface area contributed by atoms with Crippen molar-refractivity contribution >= 4 is 38.3 Å². The number of fused-ring (bicyclic) bond motifs is 1. The first-order chi connectivity index (χ1) is 15.3. The second kappa shape index (κ2) is 9.33. The highest BCUT2D eigenvalue weighted by molar-refractivity contribution is 7.89. The number of nitrogens with zero attached hydrogens (tertiary/aromatic N) is 4. The molecule has 1 atom stereocenters. The van der Waals surface area contributed by atoms with Crippen LogP contribution in [0.15, 0.2) is 40.6 Å². The number of hydrogen-bond acceptors (Lipinski definition) is 5. The Labute approximate surface area is 193 Å². The number of piperidine rings is 1. The monoisotopic (exact) mass is 474 g/mol. The van der Waals surface area contributed by atoms with Crippen molar-refractivity contribution < 1.29 is 13.2 Å². The van der Waals surface area contributed by atoms with Crippen molar-refractivity contribution in [1.29, 1.82) is 0 Å². The third kappa shape index (κ3) is 4.46. The first-order valence-electron chi connectivity index (χ1n) is 11.0. The molecule has 0 saturated carbocycles. The summed E-state index contributed by atoms with van der Waals surface area (Å²) in [6, 6.07) is 9.21. The van der Waals surface area contributed by atoms with Gasteiger partial charge in [-0.2, -0.15) is 4.31 Å². The van der Waals surface area contributed by atoms with Gasteiger partial charge in [0.25, 0.3) is 0 Å². The Morgan fingerprint density at radius 3 is 2.66 bits per heavy atom. The summed E-state index contributed by atoms with van der Waals surface area (Å²) in [5.74, 6) is 0.837. The second-order valence-electron chi connectivity index (χ2n) is 8.40. The lowest BCUT2D eigenvalue weighted by Crippen LogP contribution is -2.35. The molecule has 1 aliphatic heterocycles. The van der Waals surface area contributed by atoms with Gasteiger partial charge in [0.2, 0.25) is 15.9 Å². The van der Waals surface area contributed by atoms with Crippen molar-refractivity contribution in [2.24, 2.45) is 7.05 Å². The third-order valence-electron chi connectivity index (χ3n) is 6.39. The van der Waals surface area contributed by atoms with Crippen LogP contribution >= 0.6 is 11.3 Å². The molecular weight excluding hydrogens is 444 g/mol. The average Bonchev–Trinajstić information content (AvgIpc) is 3.45. The van der Waals surface area contributed by atoms with Crippen LogP contribution in [0.25, 0.3) is 11.0 Å². The minimum Gasteiger partial charge on any atom is -0.338 e. The van der Waals surface area contributed by atoms with Crippen molar-refractivity contribution in [1.82, 2.24) is 18.8 Å². The topological polar surface area (TPSA) is 75.5 Å². The van der Waals surface area contributed by atoms with Crippen molar-refractivity contribution in [3.05, 3.63) is 46.4 Å². The lowest BCUT2D eigenvalue weighted by Gasteiger charge is -2.25. The SMILES string of the molecule is CC(c1cccs1)N(C)C(=O)CCc1nc2cc(S(=O)(=O)N3CCCCC3)ccc2n1C. The second-order valence-corrected chi connectivity index (χ2v) is 11.3. The number of aryl methyl sites for hydroxylation is 2. The predicted octanol–water partition coefficient (Wildman–Crippen LogP) is 3.96. The number of rotatable bonds is 7. The number of hydrogen-bond donors (Lipinski definition) is 0. The molecule has 9 heteroatoms. The molecule has 0 N–H and O–H groups in total. The van der Waals surface area contributed by atoms with Gasteiger partial charge >= 0.3 is 0 Å². The quantitative estimate of drug-likeness (QED) is 0.519. The van der Waals surface area contributed by atoms with E-state index in [1.54, 1.807) is 32.7 Å². The third-order valence-corrected chi connectivity index (χ3v) is 9.33. The van der Waals surface area contributed by atoms with Crippen molar-refractivity contribution in [2.75, 3.05) is 20.1 Å². The van der Waals surface area contributed by atoms with Crippen molar-refractivity contribution in [2.45, 2.75) is 50.0 Å². The van der Waals surface area contributed by atoms with Crippen LogP contribution in [0.4, 0.5) is 0 Å². The molecule has 1 amide bonds. The van der Waals surface area contributed by atoms with Crippen LogP contribution in [0.3, 0.4) is 0 Å². The van der Waals surface area contributed by atoms with Gasteiger partial charge in [0.15, 0.2) is 0 Å². The molecule has 1 unspecified atom stereocenters. The Balaban J connectivity index is 1.49. The molecule has 0 bridgehead atoms. The number of amides is 1.